The summed E-state index contributed by atoms with van der Waals surface area (Å²) in [4.78, 5) is 25.5. The van der Waals surface area contributed by atoms with Crippen LogP contribution >= 0.6 is 0 Å². The molecule has 0 aliphatic carbocycles. The minimum atomic E-state index is -4.44. The van der Waals surface area contributed by atoms with Crippen molar-refractivity contribution in [2.24, 2.45) is 0 Å². The second-order valence-electron chi connectivity index (χ2n) is 5.71. The summed E-state index contributed by atoms with van der Waals surface area (Å²) in [6.07, 6.45) is -4.44. The highest BCUT2D eigenvalue weighted by atomic mass is 19.4. The summed E-state index contributed by atoms with van der Waals surface area (Å²) < 4.78 is 43.4. The van der Waals surface area contributed by atoms with Crippen molar-refractivity contribution < 1.29 is 27.5 Å². The average Bonchev–Trinajstić information content (AvgIpc) is 2.62. The molecule has 1 aliphatic heterocycles. The number of nitrogens with one attached hydrogen (secondary N) is 1. The van der Waals surface area contributed by atoms with Crippen molar-refractivity contribution in [2.75, 3.05) is 18.1 Å². The van der Waals surface area contributed by atoms with Crippen LogP contribution in [0.3, 0.4) is 0 Å². The number of fused-ring (bicyclic) bond motifs is 1. The number of para-hydroxylation sites is 2. The number of amides is 2. The fourth-order valence-electron chi connectivity index (χ4n) is 2.59. The summed E-state index contributed by atoms with van der Waals surface area (Å²) in [5, 5.41) is 2.54. The van der Waals surface area contributed by atoms with Gasteiger partial charge in [0.15, 0.2) is 6.61 Å². The largest absolute Gasteiger partial charge is 0.482 e. The van der Waals surface area contributed by atoms with Gasteiger partial charge in [0.05, 0.1) is 11.3 Å². The molecule has 2 aromatic carbocycles. The number of carbonyl (C=O) groups is 2. The van der Waals surface area contributed by atoms with Crippen LogP contribution in [-0.2, 0) is 22.3 Å². The molecule has 0 saturated heterocycles. The third-order valence-corrected chi connectivity index (χ3v) is 3.85. The quantitative estimate of drug-likeness (QED) is 0.908. The van der Waals surface area contributed by atoms with Gasteiger partial charge >= 0.3 is 6.18 Å². The molecule has 1 heterocycles. The van der Waals surface area contributed by atoms with E-state index in [2.05, 4.69) is 5.32 Å². The number of carbonyl (C=O) groups excluding carboxylic acids is 2. The Kier molecular flexibility index (Phi) is 4.83. The molecule has 1 aliphatic rings. The van der Waals surface area contributed by atoms with Crippen molar-refractivity contribution in [1.29, 1.82) is 0 Å². The fourth-order valence-corrected chi connectivity index (χ4v) is 2.59. The second kappa shape index (κ2) is 7.07. The van der Waals surface area contributed by atoms with Crippen molar-refractivity contribution in [3.8, 4) is 5.75 Å². The van der Waals surface area contributed by atoms with Crippen molar-refractivity contribution >= 4 is 17.5 Å². The summed E-state index contributed by atoms with van der Waals surface area (Å²) >= 11 is 0. The van der Waals surface area contributed by atoms with Gasteiger partial charge in [-0.1, -0.05) is 24.3 Å². The van der Waals surface area contributed by atoms with E-state index >= 15 is 0 Å². The van der Waals surface area contributed by atoms with E-state index in [9.17, 15) is 22.8 Å². The summed E-state index contributed by atoms with van der Waals surface area (Å²) in [5.74, 6) is -0.344. The van der Waals surface area contributed by atoms with Crippen molar-refractivity contribution in [3.63, 3.8) is 0 Å². The highest BCUT2D eigenvalue weighted by Crippen LogP contribution is 2.31. The Bertz CT molecular complexity index is 836. The molecule has 26 heavy (non-hydrogen) atoms. The lowest BCUT2D eigenvalue weighted by Crippen LogP contribution is -2.45. The zero-order valence-corrected chi connectivity index (χ0v) is 13.5. The van der Waals surface area contributed by atoms with Gasteiger partial charge in [-0.2, -0.15) is 13.2 Å². The Morgan fingerprint density at radius 3 is 2.69 bits per heavy atom. The monoisotopic (exact) mass is 364 g/mol. The summed E-state index contributed by atoms with van der Waals surface area (Å²) in [7, 11) is 0. The Hall–Kier alpha value is -3.03. The van der Waals surface area contributed by atoms with Crippen LogP contribution in [0.2, 0.25) is 0 Å². The van der Waals surface area contributed by atoms with Gasteiger partial charge in [-0.05, 0) is 29.8 Å². The van der Waals surface area contributed by atoms with Gasteiger partial charge in [-0.3, -0.25) is 14.5 Å². The third kappa shape index (κ3) is 3.96. The van der Waals surface area contributed by atoms with Gasteiger partial charge in [0.25, 0.3) is 5.91 Å². The first-order chi connectivity index (χ1) is 12.3. The number of halogens is 3. The molecule has 0 unspecified atom stereocenters. The van der Waals surface area contributed by atoms with Crippen LogP contribution in [0.1, 0.15) is 11.1 Å². The molecule has 136 valence electrons. The molecule has 3 rings (SSSR count). The molecule has 5 nitrogen and oxygen atoms in total. The zero-order valence-electron chi connectivity index (χ0n) is 13.5. The number of anilines is 1. The Labute approximate surface area is 147 Å². The first-order valence-corrected chi connectivity index (χ1v) is 7.79. The lowest BCUT2D eigenvalue weighted by atomic mass is 10.1. The molecular weight excluding hydrogens is 349 g/mol. The normalized spacial score (nSPS) is 13.8. The van der Waals surface area contributed by atoms with Crippen molar-refractivity contribution in [1.82, 2.24) is 5.32 Å². The van der Waals surface area contributed by atoms with Crippen molar-refractivity contribution in [3.05, 3.63) is 59.7 Å². The maximum absolute atomic E-state index is 12.7. The van der Waals surface area contributed by atoms with Gasteiger partial charge in [0.2, 0.25) is 5.91 Å². The van der Waals surface area contributed by atoms with E-state index in [4.69, 9.17) is 4.74 Å². The minimum Gasteiger partial charge on any atom is -0.482 e. The fraction of sp³-hybridized carbons (Fsp3) is 0.222. The Morgan fingerprint density at radius 2 is 1.92 bits per heavy atom. The molecular formula is C18H15F3N2O3. The first kappa shape index (κ1) is 17.8. The van der Waals surface area contributed by atoms with E-state index in [1.165, 1.54) is 17.0 Å². The molecule has 0 spiro atoms. The molecule has 2 aromatic rings. The van der Waals surface area contributed by atoms with Gasteiger partial charge in [-0.25, -0.2) is 0 Å². The predicted octanol–water partition coefficient (Wildman–Crippen LogP) is 2.75. The molecule has 0 atom stereocenters. The van der Waals surface area contributed by atoms with Crippen LogP contribution in [0.25, 0.3) is 0 Å². The standard InChI is InChI=1S/C18H15F3N2O3/c19-18(20,21)13-5-3-4-12(8-13)9-22-16(24)10-23-14-6-1-2-7-15(14)26-11-17(23)25/h1-8H,9-11H2,(H,22,24). The van der Waals surface area contributed by atoms with Crippen LogP contribution in [0.4, 0.5) is 18.9 Å². The maximum atomic E-state index is 12.7. The molecule has 0 fully saturated rings. The van der Waals surface area contributed by atoms with Gasteiger partial charge in [0.1, 0.15) is 12.3 Å². The number of ether oxygens (including phenoxy) is 1. The number of alkyl halides is 3. The van der Waals surface area contributed by atoms with Crippen LogP contribution in [-0.4, -0.2) is 25.0 Å². The van der Waals surface area contributed by atoms with Crippen LogP contribution in [0.5, 0.6) is 5.75 Å². The molecule has 0 radical (unpaired) electrons. The summed E-state index contributed by atoms with van der Waals surface area (Å²) in [6.45, 7) is -0.473. The van der Waals surface area contributed by atoms with Crippen molar-refractivity contribution in [2.45, 2.75) is 12.7 Å². The van der Waals surface area contributed by atoms with E-state index in [-0.39, 0.29) is 25.6 Å². The Morgan fingerprint density at radius 1 is 1.15 bits per heavy atom. The van der Waals surface area contributed by atoms with Crippen LogP contribution < -0.4 is 15.0 Å². The van der Waals surface area contributed by atoms with E-state index in [0.717, 1.165) is 12.1 Å². The second-order valence-corrected chi connectivity index (χ2v) is 5.71. The first-order valence-electron chi connectivity index (χ1n) is 7.79. The average molecular weight is 364 g/mol. The smallest absolute Gasteiger partial charge is 0.416 e. The highest BCUT2D eigenvalue weighted by Gasteiger charge is 2.30. The topological polar surface area (TPSA) is 58.6 Å². The molecule has 0 bridgehead atoms. The molecule has 0 saturated carbocycles. The SMILES string of the molecule is O=C(CN1C(=O)COc2ccccc21)NCc1cccc(C(F)(F)F)c1. The van der Waals surface area contributed by atoms with E-state index in [0.29, 0.717) is 17.0 Å². The van der Waals surface area contributed by atoms with Gasteiger partial charge in [-0.15, -0.1) is 0 Å². The van der Waals surface area contributed by atoms with E-state index in [1.54, 1.807) is 24.3 Å². The van der Waals surface area contributed by atoms with E-state index in [1.807, 2.05) is 0 Å². The predicted molar refractivity (Wildman–Crippen MR) is 87.6 cm³/mol. The number of benzene rings is 2. The lowest BCUT2D eigenvalue weighted by Gasteiger charge is -2.28. The van der Waals surface area contributed by atoms with Gasteiger partial charge in [0, 0.05) is 6.54 Å². The summed E-state index contributed by atoms with van der Waals surface area (Å²) in [5.41, 5.74) is 0.0291. The lowest BCUT2D eigenvalue weighted by molar-refractivity contribution is -0.137. The Balaban J connectivity index is 1.64. The molecule has 8 heteroatoms. The zero-order chi connectivity index (χ0) is 18.7. The third-order valence-electron chi connectivity index (χ3n) is 3.85. The number of rotatable bonds is 4. The van der Waals surface area contributed by atoms with Crippen LogP contribution in [0, 0.1) is 0 Å². The van der Waals surface area contributed by atoms with Crippen LogP contribution in [0.15, 0.2) is 48.5 Å². The molecule has 2 amide bonds. The molecule has 1 N–H and O–H groups in total. The summed E-state index contributed by atoms with van der Waals surface area (Å²) in [6, 6.07) is 11.5. The minimum absolute atomic E-state index is 0.0665. The number of hydrogen-bond donors (Lipinski definition) is 1. The van der Waals surface area contributed by atoms with Gasteiger partial charge < -0.3 is 10.1 Å². The number of hydrogen-bond acceptors (Lipinski definition) is 3. The highest BCUT2D eigenvalue weighted by molar-refractivity contribution is 6.02. The molecule has 0 aromatic heterocycles. The maximum Gasteiger partial charge on any atom is 0.416 e. The number of nitrogens with zero attached hydrogens (tertiary/aromatic N) is 1. The van der Waals surface area contributed by atoms with E-state index < -0.39 is 17.6 Å².